The number of ketones is 1. The Bertz CT molecular complexity index is 1410. The number of para-hydroxylation sites is 1. The number of nitrogens with zero attached hydrogens (tertiary/aromatic N) is 3. The molecule has 2 aromatic heterocycles. The molecule has 0 spiro atoms. The molecule has 0 N–H and O–H groups in total. The van der Waals surface area contributed by atoms with Crippen molar-refractivity contribution >= 4 is 26.7 Å². The van der Waals surface area contributed by atoms with Gasteiger partial charge < -0.3 is 4.57 Å². The van der Waals surface area contributed by atoms with Crippen molar-refractivity contribution in [1.29, 1.82) is 0 Å². The fourth-order valence-electron chi connectivity index (χ4n) is 4.51. The summed E-state index contributed by atoms with van der Waals surface area (Å²) in [7, 11) is -3.83. The third-order valence-corrected chi connectivity index (χ3v) is 7.94. The molecule has 0 saturated carbocycles. The number of imidazole rings is 1. The van der Waals surface area contributed by atoms with E-state index >= 15 is 0 Å². The highest BCUT2D eigenvalue weighted by Gasteiger charge is 2.36. The summed E-state index contributed by atoms with van der Waals surface area (Å²) in [6, 6.07) is 14.1. The highest BCUT2D eigenvalue weighted by atomic mass is 32.2. The summed E-state index contributed by atoms with van der Waals surface area (Å²) in [5, 5.41) is 0.699. The zero-order chi connectivity index (χ0) is 21.8. The summed E-state index contributed by atoms with van der Waals surface area (Å²) in [5.41, 5.74) is 2.68. The van der Waals surface area contributed by atoms with Crippen LogP contribution in [0.4, 0.5) is 0 Å². The van der Waals surface area contributed by atoms with Gasteiger partial charge in [0.15, 0.2) is 5.78 Å². The first-order valence-electron chi connectivity index (χ1n) is 10.3. The molecule has 1 atom stereocenters. The van der Waals surface area contributed by atoms with Gasteiger partial charge in [-0.05, 0) is 44.9 Å². The maximum absolute atomic E-state index is 13.6. The second kappa shape index (κ2) is 7.20. The predicted molar refractivity (Wildman–Crippen MR) is 119 cm³/mol. The van der Waals surface area contributed by atoms with Crippen LogP contribution in [0.15, 0.2) is 65.8 Å². The monoisotopic (exact) mass is 433 g/mol. The zero-order valence-electron chi connectivity index (χ0n) is 17.4. The second-order valence-corrected chi connectivity index (χ2v) is 9.93. The van der Waals surface area contributed by atoms with Crippen molar-refractivity contribution < 1.29 is 13.2 Å². The number of aryl methyl sites for hydroxylation is 2. The number of hydrogen-bond acceptors (Lipinski definition) is 4. The van der Waals surface area contributed by atoms with Gasteiger partial charge in [0.05, 0.1) is 10.4 Å². The number of aromatic nitrogens is 3. The van der Waals surface area contributed by atoms with Crippen molar-refractivity contribution in [2.45, 2.75) is 38.1 Å². The Balaban J connectivity index is 1.66. The number of fused-ring (bicyclic) bond motifs is 3. The first-order chi connectivity index (χ1) is 14.9. The van der Waals surface area contributed by atoms with Crippen LogP contribution in [-0.2, 0) is 23.0 Å². The van der Waals surface area contributed by atoms with E-state index in [1.54, 1.807) is 36.5 Å². The van der Waals surface area contributed by atoms with E-state index in [9.17, 15) is 13.2 Å². The lowest BCUT2D eigenvalue weighted by Gasteiger charge is -2.23. The number of Topliss-reactive ketones (excluding diaryl/α,β-unsaturated/α-hetero) is 1. The summed E-state index contributed by atoms with van der Waals surface area (Å²) >= 11 is 0. The van der Waals surface area contributed by atoms with Crippen molar-refractivity contribution in [2.75, 3.05) is 0 Å². The van der Waals surface area contributed by atoms with Crippen LogP contribution in [0.2, 0.25) is 0 Å². The molecule has 1 aliphatic rings. The van der Waals surface area contributed by atoms with E-state index in [2.05, 4.69) is 4.98 Å². The first kappa shape index (κ1) is 19.8. The Kier molecular flexibility index (Phi) is 4.59. The highest BCUT2D eigenvalue weighted by molar-refractivity contribution is 7.90. The molecule has 5 rings (SSSR count). The smallest absolute Gasteiger partial charge is 0.268 e. The number of rotatable bonds is 4. The van der Waals surface area contributed by atoms with Crippen molar-refractivity contribution in [3.63, 3.8) is 0 Å². The minimum absolute atomic E-state index is 0.00315. The van der Waals surface area contributed by atoms with Crippen molar-refractivity contribution in [3.05, 3.63) is 83.6 Å². The second-order valence-electron chi connectivity index (χ2n) is 8.15. The molecule has 2 aromatic carbocycles. The molecule has 0 radical (unpaired) electrons. The van der Waals surface area contributed by atoms with Gasteiger partial charge in [-0.2, -0.15) is 0 Å². The maximum atomic E-state index is 13.6. The van der Waals surface area contributed by atoms with Crippen LogP contribution in [0.25, 0.3) is 10.9 Å². The fraction of sp³-hybridized carbons (Fsp3) is 0.250. The van der Waals surface area contributed by atoms with Crippen molar-refractivity contribution in [3.8, 4) is 0 Å². The largest absolute Gasteiger partial charge is 0.334 e. The van der Waals surface area contributed by atoms with Crippen LogP contribution < -0.4 is 0 Å². The van der Waals surface area contributed by atoms with E-state index in [0.29, 0.717) is 41.5 Å². The molecule has 0 aliphatic heterocycles. The fourth-order valence-corrected chi connectivity index (χ4v) is 6.09. The quantitative estimate of drug-likeness (QED) is 0.485. The number of carbonyl (C=O) groups is 1. The Morgan fingerprint density at radius 3 is 2.52 bits per heavy atom. The standard InChI is InChI=1S/C24H23N3O3S/c1-16-7-10-19(11-8-16)31(29,30)27-21-6-4-3-5-20(21)23-22(27)12-9-18(24(23)28)15-26-14-13-25-17(26)2/h3-8,10-11,13-14,18H,9,12,15H2,1-2H3. The van der Waals surface area contributed by atoms with Crippen LogP contribution >= 0.6 is 0 Å². The third kappa shape index (κ3) is 3.11. The number of benzene rings is 2. The number of hydrogen-bond donors (Lipinski definition) is 0. The Morgan fingerprint density at radius 1 is 1.06 bits per heavy atom. The van der Waals surface area contributed by atoms with Gasteiger partial charge in [-0.15, -0.1) is 0 Å². The van der Waals surface area contributed by atoms with Gasteiger partial charge in [0.1, 0.15) is 5.82 Å². The summed E-state index contributed by atoms with van der Waals surface area (Å²) in [6.07, 6.45) is 4.74. The maximum Gasteiger partial charge on any atom is 0.268 e. The van der Waals surface area contributed by atoms with E-state index in [-0.39, 0.29) is 16.6 Å². The molecular weight excluding hydrogens is 410 g/mol. The van der Waals surface area contributed by atoms with Crippen LogP contribution in [0.1, 0.15) is 33.9 Å². The summed E-state index contributed by atoms with van der Waals surface area (Å²) in [6.45, 7) is 4.39. The van der Waals surface area contributed by atoms with Crippen LogP contribution in [-0.4, -0.2) is 27.7 Å². The van der Waals surface area contributed by atoms with Gasteiger partial charge in [-0.3, -0.25) is 4.79 Å². The Hall–Kier alpha value is -3.19. The molecule has 31 heavy (non-hydrogen) atoms. The van der Waals surface area contributed by atoms with Gasteiger partial charge in [0.2, 0.25) is 0 Å². The summed E-state index contributed by atoms with van der Waals surface area (Å²) < 4.78 is 30.6. The van der Waals surface area contributed by atoms with E-state index in [0.717, 1.165) is 11.4 Å². The Labute approximate surface area is 181 Å². The predicted octanol–water partition coefficient (Wildman–Crippen LogP) is 4.14. The molecule has 0 amide bonds. The zero-order valence-corrected chi connectivity index (χ0v) is 18.3. The van der Waals surface area contributed by atoms with Gasteiger partial charge in [0, 0.05) is 41.5 Å². The molecule has 6 nitrogen and oxygen atoms in total. The Morgan fingerprint density at radius 2 is 1.81 bits per heavy atom. The van der Waals surface area contributed by atoms with Gasteiger partial charge in [-0.1, -0.05) is 35.9 Å². The van der Waals surface area contributed by atoms with Gasteiger partial charge in [-0.25, -0.2) is 17.4 Å². The summed E-state index contributed by atoms with van der Waals surface area (Å²) in [4.78, 5) is 18.0. The third-order valence-electron chi connectivity index (χ3n) is 6.17. The molecule has 4 aromatic rings. The highest BCUT2D eigenvalue weighted by Crippen LogP contribution is 2.37. The minimum atomic E-state index is -3.83. The molecule has 7 heteroatoms. The van der Waals surface area contributed by atoms with Crippen LogP contribution in [0.3, 0.4) is 0 Å². The molecule has 2 heterocycles. The normalized spacial score (nSPS) is 16.6. The molecule has 0 fully saturated rings. The van der Waals surface area contributed by atoms with E-state index in [1.807, 2.05) is 42.8 Å². The van der Waals surface area contributed by atoms with Crippen LogP contribution in [0, 0.1) is 19.8 Å². The SMILES string of the molecule is Cc1ccc(S(=O)(=O)n2c3c(c4ccccc42)C(=O)C(Cn2ccnc2C)CC3)cc1. The number of carbonyl (C=O) groups excluding carboxylic acids is 1. The van der Waals surface area contributed by atoms with E-state index in [1.165, 1.54) is 3.97 Å². The van der Waals surface area contributed by atoms with Crippen molar-refractivity contribution in [2.24, 2.45) is 5.92 Å². The van der Waals surface area contributed by atoms with Crippen molar-refractivity contribution in [1.82, 2.24) is 13.5 Å². The molecular formula is C24H23N3O3S. The van der Waals surface area contributed by atoms with E-state index < -0.39 is 10.0 Å². The topological polar surface area (TPSA) is 74.0 Å². The molecule has 158 valence electrons. The lowest BCUT2D eigenvalue weighted by Crippen LogP contribution is -2.28. The molecule has 1 unspecified atom stereocenters. The average Bonchev–Trinajstić information content (AvgIpc) is 3.31. The lowest BCUT2D eigenvalue weighted by atomic mass is 9.85. The molecule has 0 bridgehead atoms. The first-order valence-corrected chi connectivity index (χ1v) is 11.8. The molecule has 1 aliphatic carbocycles. The average molecular weight is 434 g/mol. The van der Waals surface area contributed by atoms with Gasteiger partial charge >= 0.3 is 0 Å². The molecule has 0 saturated heterocycles. The summed E-state index contributed by atoms with van der Waals surface area (Å²) in [5.74, 6) is 0.660. The lowest BCUT2D eigenvalue weighted by molar-refractivity contribution is 0.0888. The van der Waals surface area contributed by atoms with Gasteiger partial charge in [0.25, 0.3) is 10.0 Å². The van der Waals surface area contributed by atoms with Crippen LogP contribution in [0.5, 0.6) is 0 Å². The minimum Gasteiger partial charge on any atom is -0.334 e. The van der Waals surface area contributed by atoms with E-state index in [4.69, 9.17) is 0 Å².